The van der Waals surface area contributed by atoms with Gasteiger partial charge >= 0.3 is 320 Å². The fourth-order valence-electron chi connectivity index (χ4n) is 11.7. The summed E-state index contributed by atoms with van der Waals surface area (Å²) in [5.74, 6) is 1.87. The quantitative estimate of drug-likeness (QED) is 0.152. The van der Waals surface area contributed by atoms with Gasteiger partial charge in [0.2, 0.25) is 0 Å². The van der Waals surface area contributed by atoms with E-state index in [1.54, 1.807) is 12.3 Å². The van der Waals surface area contributed by atoms with Gasteiger partial charge in [-0.1, -0.05) is 72.7 Å². The number of nitrogens with zero attached hydrogens (tertiary/aromatic N) is 4. The second-order valence-corrected chi connectivity index (χ2v) is 25.5. The molecule has 0 N–H and O–H groups in total. The summed E-state index contributed by atoms with van der Waals surface area (Å²) in [7, 11) is 0. The molecule has 0 unspecified atom stereocenters. The molecule has 5 nitrogen and oxygen atoms in total. The number of ether oxygens (including phenoxy) is 1. The van der Waals surface area contributed by atoms with Crippen LogP contribution in [-0.2, 0) is 41.0 Å². The maximum atomic E-state index is 8.91. The Balaban J connectivity index is 1.02. The third kappa shape index (κ3) is 8.95. The number of aromatic nitrogens is 4. The van der Waals surface area contributed by atoms with Gasteiger partial charge in [0.1, 0.15) is 0 Å². The molecule has 8 aromatic carbocycles. The van der Waals surface area contributed by atoms with Crippen molar-refractivity contribution in [1.29, 1.82) is 0 Å². The zero-order valence-electron chi connectivity index (χ0n) is 48.8. The van der Waals surface area contributed by atoms with Gasteiger partial charge in [-0.25, -0.2) is 0 Å². The van der Waals surface area contributed by atoms with Gasteiger partial charge in [0.25, 0.3) is 0 Å². The first-order chi connectivity index (χ1) is 38.0. The molecule has 0 bridgehead atoms. The molecule has 388 valence electrons. The van der Waals surface area contributed by atoms with E-state index >= 15 is 0 Å². The van der Waals surface area contributed by atoms with E-state index in [2.05, 4.69) is 260 Å². The maximum absolute atomic E-state index is 8.91. The number of aryl methyl sites for hydroxylation is 1. The number of rotatable bonds is 8. The minimum Gasteiger partial charge on any atom is -0.0579 e. The number of benzene rings is 8. The summed E-state index contributed by atoms with van der Waals surface area (Å²) in [6.07, 6.45) is 3.90. The first kappa shape index (κ1) is 46.9. The fraction of sp³-hybridized carbons (Fsp3) is 0.239. The van der Waals surface area contributed by atoms with Crippen LogP contribution in [0.5, 0.6) is 11.5 Å². The average Bonchev–Trinajstić information content (AvgIpc) is 3.02. The second-order valence-electron chi connectivity index (χ2n) is 24.5. The molecule has 0 spiro atoms. The molecule has 12 rings (SSSR count). The molecule has 0 atom stereocenters. The van der Waals surface area contributed by atoms with Gasteiger partial charge in [0, 0.05) is 15.9 Å². The van der Waals surface area contributed by atoms with Crippen molar-refractivity contribution in [2.75, 3.05) is 0 Å². The van der Waals surface area contributed by atoms with Gasteiger partial charge in [-0.15, -0.1) is 0 Å². The molecular formula is C71H68N4OPt. The number of fused-ring (bicyclic) bond motifs is 5. The molecule has 77 heavy (non-hydrogen) atoms. The van der Waals surface area contributed by atoms with Crippen molar-refractivity contribution in [3.63, 3.8) is 0 Å². The summed E-state index contributed by atoms with van der Waals surface area (Å²) < 4.78 is 41.6. The summed E-state index contributed by atoms with van der Waals surface area (Å²) in [5, 5.41) is 2.14. The number of pyridine rings is 1. The Bertz CT molecular complexity index is 4220. The van der Waals surface area contributed by atoms with Crippen LogP contribution in [0.15, 0.2) is 188 Å². The topological polar surface area (TPSA) is 36.9 Å². The molecule has 0 saturated carbocycles. The van der Waals surface area contributed by atoms with Crippen molar-refractivity contribution in [3.05, 3.63) is 220 Å². The van der Waals surface area contributed by atoms with Crippen LogP contribution in [-0.4, -0.2) is 18.7 Å². The Morgan fingerprint density at radius 1 is 0.494 bits per heavy atom. The van der Waals surface area contributed by atoms with E-state index in [0.717, 1.165) is 88.7 Å². The Kier molecular flexibility index (Phi) is 11.4. The number of hydrogen-bond acceptors (Lipinski definition) is 2. The molecule has 0 amide bonds. The first-order valence-electron chi connectivity index (χ1n) is 28.5. The number of para-hydroxylation sites is 2. The van der Waals surface area contributed by atoms with Gasteiger partial charge in [-0.3, -0.25) is 0 Å². The molecule has 0 aliphatic heterocycles. The molecule has 0 saturated heterocycles. The fourth-order valence-corrected chi connectivity index (χ4v) is 12.8. The zero-order valence-corrected chi connectivity index (χ0v) is 48.1. The number of imidazole rings is 1. The number of hydrogen-bond donors (Lipinski definition) is 0. The summed E-state index contributed by atoms with van der Waals surface area (Å²) in [4.78, 5) is 5.16. The monoisotopic (exact) mass is 1190 g/mol. The van der Waals surface area contributed by atoms with Crippen LogP contribution in [0.1, 0.15) is 114 Å². The van der Waals surface area contributed by atoms with Crippen molar-refractivity contribution < 1.29 is 28.2 Å². The normalized spacial score (nSPS) is 15.1. The van der Waals surface area contributed by atoms with Crippen molar-refractivity contribution >= 4 is 32.8 Å². The Morgan fingerprint density at radius 2 is 1.05 bits per heavy atom. The van der Waals surface area contributed by atoms with Crippen molar-refractivity contribution in [1.82, 2.24) is 18.7 Å². The molecular weight excluding hydrogens is 1120 g/mol. The molecule has 0 radical (unpaired) electrons. The van der Waals surface area contributed by atoms with E-state index in [-0.39, 0.29) is 27.2 Å². The van der Waals surface area contributed by atoms with Crippen LogP contribution in [0.3, 0.4) is 0 Å². The van der Waals surface area contributed by atoms with Gasteiger partial charge < -0.3 is 0 Å². The smallest absolute Gasteiger partial charge is 0.0579 e. The summed E-state index contributed by atoms with van der Waals surface area (Å²) in [6.45, 7) is 20.4. The van der Waals surface area contributed by atoms with Crippen LogP contribution >= 0.6 is 0 Å². The Hall–Kier alpha value is -7.33. The molecule has 6 heteroatoms. The molecule has 1 aliphatic carbocycles. The summed E-state index contributed by atoms with van der Waals surface area (Å²) in [6, 6.07) is 64.3. The van der Waals surface area contributed by atoms with Crippen LogP contribution in [0.2, 0.25) is 0 Å². The third-order valence-corrected chi connectivity index (χ3v) is 17.3. The van der Waals surface area contributed by atoms with E-state index in [4.69, 9.17) is 13.8 Å². The van der Waals surface area contributed by atoms with Crippen molar-refractivity contribution in [2.24, 2.45) is 0 Å². The molecule has 11 aromatic rings. The van der Waals surface area contributed by atoms with E-state index in [1.807, 2.05) is 18.2 Å². The zero-order chi connectivity index (χ0) is 56.3. The predicted octanol–water partition coefficient (Wildman–Crippen LogP) is 19.0. The first-order valence-corrected chi connectivity index (χ1v) is 28.1. The minimum absolute atomic E-state index is 0.0220. The van der Waals surface area contributed by atoms with Gasteiger partial charge in [0.15, 0.2) is 0 Å². The second kappa shape index (κ2) is 18.7. The SMILES string of the molecule is [2H]C([2H])([2H])c1cc(-n2c3cc(Oc4cccc(-n5[c](=[Pt])n(-c6c(-c7ccccc7)cc(C(C)(C)C)cc6-c6ccccc6)c6ccccc65)c4)ccc3c3cc4c(cc32)C(C)(C)CCC4(C)C)ncc1-c1ccc(C(C)(C)C)cc1. The molecule has 3 heterocycles. The van der Waals surface area contributed by atoms with Crippen molar-refractivity contribution in [3.8, 4) is 62.1 Å². The van der Waals surface area contributed by atoms with E-state index in [0.29, 0.717) is 22.9 Å². The van der Waals surface area contributed by atoms with Crippen LogP contribution < -0.4 is 4.74 Å². The predicted molar refractivity (Wildman–Crippen MR) is 318 cm³/mol. The Morgan fingerprint density at radius 3 is 1.66 bits per heavy atom. The molecule has 3 aromatic heterocycles. The van der Waals surface area contributed by atoms with E-state index in [9.17, 15) is 0 Å². The molecule has 1 aliphatic rings. The minimum atomic E-state index is -2.41. The van der Waals surface area contributed by atoms with Gasteiger partial charge in [-0.2, -0.15) is 0 Å². The average molecular weight is 1190 g/mol. The van der Waals surface area contributed by atoms with Crippen LogP contribution in [0.4, 0.5) is 0 Å². The summed E-state index contributed by atoms with van der Waals surface area (Å²) in [5.41, 5.74) is 17.3. The van der Waals surface area contributed by atoms with Crippen molar-refractivity contribution in [2.45, 2.75) is 111 Å². The van der Waals surface area contributed by atoms with E-state index in [1.165, 1.54) is 22.3 Å². The third-order valence-electron chi connectivity index (χ3n) is 16.3. The van der Waals surface area contributed by atoms with Gasteiger partial charge in [-0.05, 0) is 63.8 Å². The van der Waals surface area contributed by atoms with Gasteiger partial charge in [0.05, 0.1) is 0 Å². The van der Waals surface area contributed by atoms with Crippen LogP contribution in [0, 0.1) is 10.7 Å². The standard InChI is InChI=1S/C71H68N4O.Pt/c1-46-37-66(72-44-59(46)49-29-31-50(32-30-49)68(2,3)4)75-64-41-54(33-34-55(64)58-42-60-61(43-65(58)75)71(10,11)36-35-70(60,8)9)76-53-26-20-25-52(40-53)73-45-74(63-28-19-18-27-62(63)73)67-56(47-21-14-12-15-22-47)38-51(69(5,6)7)39-57(67)48-23-16-13-17-24-48;/h12-34,37-44H,35-36H2,1-11H3;/i1D3;. The molecule has 0 fully saturated rings. The van der Waals surface area contributed by atoms with Crippen LogP contribution in [0.25, 0.3) is 83.4 Å². The van der Waals surface area contributed by atoms with E-state index < -0.39 is 6.85 Å². The summed E-state index contributed by atoms with van der Waals surface area (Å²) >= 11 is 2.51. The Labute approximate surface area is 469 Å².